The summed E-state index contributed by atoms with van der Waals surface area (Å²) in [7, 11) is 0. The monoisotopic (exact) mass is 286 g/mol. The first-order valence-corrected chi connectivity index (χ1v) is 7.14. The Hall–Kier alpha value is -2.24. The molecule has 1 saturated carbocycles. The van der Waals surface area contributed by atoms with E-state index in [1.54, 1.807) is 0 Å². The van der Waals surface area contributed by atoms with Crippen molar-refractivity contribution in [3.8, 4) is 11.4 Å². The van der Waals surface area contributed by atoms with Crippen LogP contribution >= 0.6 is 0 Å². The lowest BCUT2D eigenvalue weighted by atomic mass is 10.0. The fourth-order valence-corrected chi connectivity index (χ4v) is 2.89. The van der Waals surface area contributed by atoms with Gasteiger partial charge < -0.3 is 4.98 Å². The summed E-state index contributed by atoms with van der Waals surface area (Å²) in [5.41, 5.74) is 2.04. The molecule has 2 heterocycles. The van der Waals surface area contributed by atoms with E-state index >= 15 is 0 Å². The minimum atomic E-state index is -0.534. The Morgan fingerprint density at radius 3 is 2.57 bits per heavy atom. The highest BCUT2D eigenvalue weighted by Crippen LogP contribution is 2.52. The summed E-state index contributed by atoms with van der Waals surface area (Å²) in [6.45, 7) is 6.40. The largest absolute Gasteiger partial charge is 0.326 e. The highest BCUT2D eigenvalue weighted by molar-refractivity contribution is 5.54. The molecule has 110 valence electrons. The number of rotatable bonds is 3. The Labute approximate surface area is 121 Å². The first-order valence-electron chi connectivity index (χ1n) is 7.14. The lowest BCUT2D eigenvalue weighted by Crippen LogP contribution is -2.21. The number of nitrogens with one attached hydrogen (secondary N) is 2. The molecule has 6 nitrogen and oxygen atoms in total. The molecular formula is C15H18N4O2. The van der Waals surface area contributed by atoms with Crippen LogP contribution in [0.2, 0.25) is 0 Å². The van der Waals surface area contributed by atoms with Crippen LogP contribution in [0.4, 0.5) is 0 Å². The SMILES string of the molecule is Cc1nnc(-c2cc(=O)[nH]c(=O)[nH]2)cc1[C@H]1C[C@@H]1C(C)C. The predicted octanol–water partition coefficient (Wildman–Crippen LogP) is 1.59. The molecule has 0 spiro atoms. The second-order valence-electron chi connectivity index (χ2n) is 6.02. The van der Waals surface area contributed by atoms with Crippen LogP contribution in [0.3, 0.4) is 0 Å². The summed E-state index contributed by atoms with van der Waals surface area (Å²) < 4.78 is 0. The van der Waals surface area contributed by atoms with Gasteiger partial charge in [0.2, 0.25) is 0 Å². The molecule has 2 atom stereocenters. The maximum Gasteiger partial charge on any atom is 0.326 e. The molecule has 0 radical (unpaired) electrons. The van der Waals surface area contributed by atoms with Crippen LogP contribution < -0.4 is 11.2 Å². The van der Waals surface area contributed by atoms with Gasteiger partial charge in [0, 0.05) is 6.07 Å². The molecule has 1 fully saturated rings. The Kier molecular flexibility index (Phi) is 3.23. The Morgan fingerprint density at radius 2 is 1.95 bits per heavy atom. The molecule has 0 aromatic carbocycles. The van der Waals surface area contributed by atoms with Crippen LogP contribution in [0.5, 0.6) is 0 Å². The lowest BCUT2D eigenvalue weighted by molar-refractivity contribution is 0.547. The summed E-state index contributed by atoms with van der Waals surface area (Å²) in [5, 5.41) is 8.28. The second-order valence-corrected chi connectivity index (χ2v) is 6.02. The molecule has 0 bridgehead atoms. The van der Waals surface area contributed by atoms with E-state index in [4.69, 9.17) is 0 Å². The van der Waals surface area contributed by atoms with E-state index in [1.165, 1.54) is 11.6 Å². The molecule has 3 rings (SSSR count). The third-order valence-corrected chi connectivity index (χ3v) is 4.15. The van der Waals surface area contributed by atoms with Crippen molar-refractivity contribution in [1.82, 2.24) is 20.2 Å². The first-order chi connectivity index (χ1) is 9.95. The van der Waals surface area contributed by atoms with Crippen LogP contribution in [-0.2, 0) is 0 Å². The topological polar surface area (TPSA) is 91.5 Å². The molecular weight excluding hydrogens is 268 g/mol. The molecule has 0 amide bonds. The van der Waals surface area contributed by atoms with E-state index in [0.29, 0.717) is 29.1 Å². The average molecular weight is 286 g/mol. The fourth-order valence-electron chi connectivity index (χ4n) is 2.89. The van der Waals surface area contributed by atoms with Crippen molar-refractivity contribution in [3.63, 3.8) is 0 Å². The van der Waals surface area contributed by atoms with Gasteiger partial charge in [0.05, 0.1) is 11.4 Å². The minimum Gasteiger partial charge on any atom is -0.305 e. The second kappa shape index (κ2) is 4.95. The quantitative estimate of drug-likeness (QED) is 0.896. The van der Waals surface area contributed by atoms with Gasteiger partial charge in [-0.2, -0.15) is 5.10 Å². The zero-order valence-corrected chi connectivity index (χ0v) is 12.3. The van der Waals surface area contributed by atoms with Crippen LogP contribution in [-0.4, -0.2) is 20.2 Å². The van der Waals surface area contributed by atoms with Gasteiger partial charge in [-0.1, -0.05) is 13.8 Å². The molecule has 2 aromatic rings. The zero-order chi connectivity index (χ0) is 15.1. The van der Waals surface area contributed by atoms with E-state index in [0.717, 1.165) is 12.1 Å². The maximum absolute atomic E-state index is 11.4. The molecule has 2 N–H and O–H groups in total. The molecule has 6 heteroatoms. The molecule has 1 aliphatic rings. The summed E-state index contributed by atoms with van der Waals surface area (Å²) in [5.74, 6) is 1.83. The van der Waals surface area contributed by atoms with E-state index in [1.807, 2.05) is 13.0 Å². The lowest BCUT2D eigenvalue weighted by Gasteiger charge is -2.08. The summed E-state index contributed by atoms with van der Waals surface area (Å²) in [6.07, 6.45) is 1.16. The van der Waals surface area contributed by atoms with Gasteiger partial charge in [0.1, 0.15) is 5.69 Å². The fraction of sp³-hybridized carbons (Fsp3) is 0.467. The van der Waals surface area contributed by atoms with Crippen molar-refractivity contribution >= 4 is 0 Å². The van der Waals surface area contributed by atoms with Crippen molar-refractivity contribution < 1.29 is 0 Å². The molecule has 0 saturated heterocycles. The van der Waals surface area contributed by atoms with Crippen molar-refractivity contribution in [2.75, 3.05) is 0 Å². The number of H-pyrrole nitrogens is 2. The van der Waals surface area contributed by atoms with E-state index in [9.17, 15) is 9.59 Å². The number of hydrogen-bond donors (Lipinski definition) is 2. The van der Waals surface area contributed by atoms with Crippen LogP contribution in [0.1, 0.15) is 37.4 Å². The van der Waals surface area contributed by atoms with Gasteiger partial charge in [-0.15, -0.1) is 5.10 Å². The maximum atomic E-state index is 11.4. The zero-order valence-electron chi connectivity index (χ0n) is 12.3. The third-order valence-electron chi connectivity index (χ3n) is 4.15. The normalized spacial score (nSPS) is 20.8. The van der Waals surface area contributed by atoms with Crippen LogP contribution in [0, 0.1) is 18.8 Å². The van der Waals surface area contributed by atoms with Crippen molar-refractivity contribution in [3.05, 3.63) is 44.2 Å². The van der Waals surface area contributed by atoms with E-state index in [2.05, 4.69) is 34.0 Å². The molecule has 0 aliphatic heterocycles. The number of hydrogen-bond acceptors (Lipinski definition) is 4. The van der Waals surface area contributed by atoms with Crippen LogP contribution in [0.25, 0.3) is 11.4 Å². The number of nitrogens with zero attached hydrogens (tertiary/aromatic N) is 2. The predicted molar refractivity (Wildman–Crippen MR) is 79.1 cm³/mol. The highest BCUT2D eigenvalue weighted by Gasteiger charge is 2.41. The standard InChI is InChI=1S/C15H18N4O2/c1-7(2)9-4-11(9)10-5-13(19-18-8(10)3)12-6-14(20)17-15(21)16-12/h5-7,9,11H,4H2,1-3H3,(H2,16,17,20,21)/t9-,11+/m1/s1. The molecule has 0 unspecified atom stereocenters. The minimum absolute atomic E-state index is 0.402. The highest BCUT2D eigenvalue weighted by atomic mass is 16.2. The van der Waals surface area contributed by atoms with E-state index in [-0.39, 0.29) is 0 Å². The average Bonchev–Trinajstić information content (AvgIpc) is 3.18. The Balaban J connectivity index is 2.02. The van der Waals surface area contributed by atoms with Gasteiger partial charge in [-0.05, 0) is 42.7 Å². The van der Waals surface area contributed by atoms with Gasteiger partial charge in [-0.25, -0.2) is 4.79 Å². The van der Waals surface area contributed by atoms with Gasteiger partial charge in [0.15, 0.2) is 0 Å². The van der Waals surface area contributed by atoms with Gasteiger partial charge in [-0.3, -0.25) is 9.78 Å². The Morgan fingerprint density at radius 1 is 1.19 bits per heavy atom. The first kappa shape index (κ1) is 13.7. The smallest absolute Gasteiger partial charge is 0.305 e. The third kappa shape index (κ3) is 2.66. The summed E-state index contributed by atoms with van der Waals surface area (Å²) >= 11 is 0. The van der Waals surface area contributed by atoms with Crippen molar-refractivity contribution in [1.29, 1.82) is 0 Å². The summed E-state index contributed by atoms with van der Waals surface area (Å²) in [6, 6.07) is 3.28. The Bertz CT molecular complexity index is 762. The number of aromatic nitrogens is 4. The van der Waals surface area contributed by atoms with Crippen molar-refractivity contribution in [2.24, 2.45) is 11.8 Å². The molecule has 1 aliphatic carbocycles. The van der Waals surface area contributed by atoms with Crippen molar-refractivity contribution in [2.45, 2.75) is 33.1 Å². The summed E-state index contributed by atoms with van der Waals surface area (Å²) in [4.78, 5) is 27.5. The molecule has 21 heavy (non-hydrogen) atoms. The van der Waals surface area contributed by atoms with Gasteiger partial charge in [0.25, 0.3) is 5.56 Å². The van der Waals surface area contributed by atoms with Crippen LogP contribution in [0.15, 0.2) is 21.7 Å². The van der Waals surface area contributed by atoms with E-state index < -0.39 is 11.2 Å². The number of aryl methyl sites for hydroxylation is 1. The molecule has 2 aromatic heterocycles. The number of aromatic amines is 2. The van der Waals surface area contributed by atoms with Gasteiger partial charge >= 0.3 is 5.69 Å².